The lowest BCUT2D eigenvalue weighted by atomic mass is 10.2. The molecule has 9 heteroatoms. The molecule has 0 amide bonds. The summed E-state index contributed by atoms with van der Waals surface area (Å²) in [6.07, 6.45) is 1.69. The third-order valence-electron chi connectivity index (χ3n) is 4.48. The molecule has 4 rings (SSSR count). The lowest BCUT2D eigenvalue weighted by molar-refractivity contribution is 0.356. The number of hydrogen-bond acceptors (Lipinski definition) is 7. The number of rotatable bonds is 7. The van der Waals surface area contributed by atoms with Crippen molar-refractivity contribution >= 4 is 34.7 Å². The van der Waals surface area contributed by atoms with Gasteiger partial charge in [-0.2, -0.15) is 0 Å². The minimum absolute atomic E-state index is 0.668. The number of hydrogen-bond donors (Lipinski definition) is 0. The Morgan fingerprint density at radius 2 is 2.03 bits per heavy atom. The zero-order chi connectivity index (χ0) is 21.1. The molecule has 0 unspecified atom stereocenters. The van der Waals surface area contributed by atoms with E-state index in [0.29, 0.717) is 22.3 Å². The molecule has 6 nitrogen and oxygen atoms in total. The van der Waals surface area contributed by atoms with E-state index in [4.69, 9.17) is 26.1 Å². The first-order valence-corrected chi connectivity index (χ1v) is 11.3. The van der Waals surface area contributed by atoms with Gasteiger partial charge in [0.2, 0.25) is 0 Å². The number of benzene rings is 2. The van der Waals surface area contributed by atoms with E-state index in [-0.39, 0.29) is 0 Å². The number of thiazole rings is 1. The highest BCUT2D eigenvalue weighted by Crippen LogP contribution is 2.39. The molecular weight excluding hydrogens is 440 g/mol. The molecule has 2 aromatic carbocycles. The van der Waals surface area contributed by atoms with Crippen LogP contribution in [0.5, 0.6) is 11.5 Å². The Labute approximate surface area is 187 Å². The number of halogens is 1. The molecule has 4 aromatic rings. The molecule has 154 valence electrons. The van der Waals surface area contributed by atoms with Crippen LogP contribution in [0.1, 0.15) is 11.3 Å². The number of para-hydroxylation sites is 1. The highest BCUT2D eigenvalue weighted by molar-refractivity contribution is 7.98. The van der Waals surface area contributed by atoms with Crippen molar-refractivity contribution in [2.75, 3.05) is 14.2 Å². The molecule has 30 heavy (non-hydrogen) atoms. The third kappa shape index (κ3) is 4.16. The van der Waals surface area contributed by atoms with Gasteiger partial charge in [-0.25, -0.2) is 4.98 Å². The Hall–Kier alpha value is -2.55. The SMILES string of the molecule is COc1cccc(-c2nc(CSc3nncn3-c3ccc(C)c(Cl)c3)cs2)c1OC. The van der Waals surface area contributed by atoms with Crippen molar-refractivity contribution in [3.63, 3.8) is 0 Å². The van der Waals surface area contributed by atoms with Gasteiger partial charge in [-0.05, 0) is 36.8 Å². The fourth-order valence-electron chi connectivity index (χ4n) is 2.92. The summed E-state index contributed by atoms with van der Waals surface area (Å²) in [5.74, 6) is 2.04. The second kappa shape index (κ2) is 9.07. The molecule has 0 aliphatic carbocycles. The van der Waals surface area contributed by atoms with Crippen molar-refractivity contribution in [2.24, 2.45) is 0 Å². The highest BCUT2D eigenvalue weighted by atomic mass is 35.5. The molecule has 0 atom stereocenters. The van der Waals surface area contributed by atoms with E-state index < -0.39 is 0 Å². The second-order valence-corrected chi connectivity index (χ2v) is 8.60. The van der Waals surface area contributed by atoms with E-state index in [1.54, 1.807) is 43.6 Å². The van der Waals surface area contributed by atoms with Crippen LogP contribution in [0.15, 0.2) is 53.3 Å². The Morgan fingerprint density at radius 3 is 2.80 bits per heavy atom. The maximum atomic E-state index is 6.27. The van der Waals surface area contributed by atoms with Crippen molar-refractivity contribution in [3.05, 3.63) is 64.4 Å². The third-order valence-corrected chi connectivity index (χ3v) is 6.79. The zero-order valence-electron chi connectivity index (χ0n) is 16.6. The molecule has 0 spiro atoms. The predicted molar refractivity (Wildman–Crippen MR) is 121 cm³/mol. The summed E-state index contributed by atoms with van der Waals surface area (Å²) in [7, 11) is 3.26. The standard InChI is InChI=1S/C21H19ClN4O2S2/c1-13-7-8-15(9-17(13)22)26-12-23-25-21(26)30-11-14-10-29-20(24-14)16-5-4-6-18(27-2)19(16)28-3/h4-10,12H,11H2,1-3H3. The van der Waals surface area contributed by atoms with Gasteiger partial charge in [0, 0.05) is 16.2 Å². The van der Waals surface area contributed by atoms with Gasteiger partial charge in [-0.3, -0.25) is 4.57 Å². The molecule has 0 bridgehead atoms. The fourth-order valence-corrected chi connectivity index (χ4v) is 4.87. The lowest BCUT2D eigenvalue weighted by Crippen LogP contribution is -1.96. The molecule has 0 saturated carbocycles. The van der Waals surface area contributed by atoms with E-state index in [0.717, 1.165) is 32.7 Å². The summed E-state index contributed by atoms with van der Waals surface area (Å²) in [5.41, 5.74) is 3.83. The zero-order valence-corrected chi connectivity index (χ0v) is 19.0. The largest absolute Gasteiger partial charge is 0.493 e. The number of methoxy groups -OCH3 is 2. The smallest absolute Gasteiger partial charge is 0.195 e. The number of ether oxygens (including phenoxy) is 2. The van der Waals surface area contributed by atoms with Crippen LogP contribution in [-0.2, 0) is 5.75 Å². The molecule has 0 aliphatic heterocycles. The van der Waals surface area contributed by atoms with Gasteiger partial charge in [-0.15, -0.1) is 21.5 Å². The fraction of sp³-hybridized carbons (Fsp3) is 0.190. The van der Waals surface area contributed by atoms with Crippen molar-refractivity contribution in [1.82, 2.24) is 19.7 Å². The maximum absolute atomic E-state index is 6.27. The quantitative estimate of drug-likeness (QED) is 0.333. The van der Waals surface area contributed by atoms with Gasteiger partial charge in [0.25, 0.3) is 0 Å². The van der Waals surface area contributed by atoms with Crippen LogP contribution in [0.2, 0.25) is 5.02 Å². The van der Waals surface area contributed by atoms with Gasteiger partial charge in [0.05, 0.1) is 31.2 Å². The molecule has 0 radical (unpaired) electrons. The molecule has 2 heterocycles. The summed E-state index contributed by atoms with van der Waals surface area (Å²) in [5, 5.41) is 12.7. The maximum Gasteiger partial charge on any atom is 0.195 e. The van der Waals surface area contributed by atoms with Crippen molar-refractivity contribution in [2.45, 2.75) is 17.8 Å². The molecule has 0 aliphatic rings. The van der Waals surface area contributed by atoms with Crippen LogP contribution in [0.4, 0.5) is 0 Å². The first kappa shape index (κ1) is 20.7. The van der Waals surface area contributed by atoms with Gasteiger partial charge in [0.15, 0.2) is 16.7 Å². The van der Waals surface area contributed by atoms with E-state index in [9.17, 15) is 0 Å². The van der Waals surface area contributed by atoms with E-state index >= 15 is 0 Å². The molecule has 0 saturated heterocycles. The van der Waals surface area contributed by atoms with E-state index in [1.165, 1.54) is 0 Å². The van der Waals surface area contributed by atoms with Crippen molar-refractivity contribution < 1.29 is 9.47 Å². The summed E-state index contributed by atoms with van der Waals surface area (Å²) in [4.78, 5) is 4.78. The second-order valence-electron chi connectivity index (χ2n) is 6.39. The molecule has 2 aromatic heterocycles. The minimum atomic E-state index is 0.668. The summed E-state index contributed by atoms with van der Waals surface area (Å²) in [6.45, 7) is 1.98. The van der Waals surface area contributed by atoms with E-state index in [2.05, 4.69) is 10.2 Å². The predicted octanol–water partition coefficient (Wildman–Crippen LogP) is 5.66. The van der Waals surface area contributed by atoms with Crippen molar-refractivity contribution in [1.29, 1.82) is 0 Å². The van der Waals surface area contributed by atoms with Crippen LogP contribution < -0.4 is 9.47 Å². The Kier molecular flexibility index (Phi) is 6.26. The molecular formula is C21H19ClN4O2S2. The topological polar surface area (TPSA) is 62.1 Å². The Bertz CT molecular complexity index is 1180. The van der Waals surface area contributed by atoms with E-state index in [1.807, 2.05) is 53.3 Å². The summed E-state index contributed by atoms with van der Waals surface area (Å²) >= 11 is 9.42. The number of aryl methyl sites for hydroxylation is 1. The molecule has 0 fully saturated rings. The summed E-state index contributed by atoms with van der Waals surface area (Å²) < 4.78 is 12.9. The minimum Gasteiger partial charge on any atom is -0.493 e. The first-order valence-electron chi connectivity index (χ1n) is 9.06. The summed E-state index contributed by atoms with van der Waals surface area (Å²) in [6, 6.07) is 11.7. The monoisotopic (exact) mass is 458 g/mol. The molecule has 0 N–H and O–H groups in total. The number of thioether (sulfide) groups is 1. The average molecular weight is 459 g/mol. The lowest BCUT2D eigenvalue weighted by Gasteiger charge is -2.10. The van der Waals surface area contributed by atoms with Crippen LogP contribution in [0.25, 0.3) is 16.3 Å². The Balaban J connectivity index is 1.53. The average Bonchev–Trinajstić information content (AvgIpc) is 3.43. The van der Waals surface area contributed by atoms with Gasteiger partial charge < -0.3 is 9.47 Å². The normalized spacial score (nSPS) is 10.9. The van der Waals surface area contributed by atoms with Crippen LogP contribution >= 0.6 is 34.7 Å². The highest BCUT2D eigenvalue weighted by Gasteiger charge is 2.15. The van der Waals surface area contributed by atoms with Crippen molar-refractivity contribution in [3.8, 4) is 27.8 Å². The van der Waals surface area contributed by atoms with Crippen LogP contribution in [0, 0.1) is 6.92 Å². The number of aromatic nitrogens is 4. The van der Waals surface area contributed by atoms with Gasteiger partial charge in [-0.1, -0.05) is 35.5 Å². The first-order chi connectivity index (χ1) is 14.6. The Morgan fingerprint density at radius 1 is 1.17 bits per heavy atom. The van der Waals surface area contributed by atoms with Crippen LogP contribution in [0.3, 0.4) is 0 Å². The van der Waals surface area contributed by atoms with Gasteiger partial charge >= 0.3 is 0 Å². The van der Waals surface area contributed by atoms with Gasteiger partial charge in [0.1, 0.15) is 11.3 Å². The number of nitrogens with zero attached hydrogens (tertiary/aromatic N) is 4. The van der Waals surface area contributed by atoms with Crippen LogP contribution in [-0.4, -0.2) is 34.0 Å².